The summed E-state index contributed by atoms with van der Waals surface area (Å²) in [5.41, 5.74) is 0. The van der Waals surface area contributed by atoms with E-state index in [1.165, 1.54) is 0 Å². The molecule has 0 heterocycles. The number of ketones is 1. The lowest BCUT2D eigenvalue weighted by atomic mass is 9.91. The van der Waals surface area contributed by atoms with E-state index >= 15 is 0 Å². The van der Waals surface area contributed by atoms with Crippen LogP contribution < -0.4 is 0 Å². The average molecular weight is 134 g/mol. The van der Waals surface area contributed by atoms with Crippen molar-refractivity contribution in [2.45, 2.75) is 6.92 Å². The first-order valence-corrected chi connectivity index (χ1v) is 3.69. The summed E-state index contributed by atoms with van der Waals surface area (Å²) >= 11 is 0. The van der Waals surface area contributed by atoms with Gasteiger partial charge in [0.15, 0.2) is 5.78 Å². The number of allylic oxidation sites excluding steroid dienone is 4. The van der Waals surface area contributed by atoms with Crippen LogP contribution in [-0.2, 0) is 4.79 Å². The van der Waals surface area contributed by atoms with Crippen molar-refractivity contribution in [2.75, 3.05) is 0 Å². The molecular weight excluding hydrogens is 124 g/mol. The summed E-state index contributed by atoms with van der Waals surface area (Å²) in [7, 11) is 0. The Morgan fingerprint density at radius 2 is 2.10 bits per heavy atom. The lowest BCUT2D eigenvalue weighted by molar-refractivity contribution is -0.118. The van der Waals surface area contributed by atoms with Crippen LogP contribution in [0.15, 0.2) is 24.3 Å². The van der Waals surface area contributed by atoms with E-state index in [0.29, 0.717) is 17.6 Å². The molecule has 3 atom stereocenters. The Kier molecular flexibility index (Phi) is 1.07. The highest BCUT2D eigenvalue weighted by molar-refractivity contribution is 5.95. The Hall–Kier alpha value is -0.850. The Labute approximate surface area is 60.4 Å². The first-order valence-electron chi connectivity index (χ1n) is 3.69. The minimum atomic E-state index is 0.250. The second-order valence-electron chi connectivity index (χ2n) is 3.11. The first kappa shape index (κ1) is 5.90. The molecule has 0 aromatic rings. The Morgan fingerprint density at radius 1 is 1.30 bits per heavy atom. The van der Waals surface area contributed by atoms with Crippen molar-refractivity contribution in [3.63, 3.8) is 0 Å². The Morgan fingerprint density at radius 3 is 2.80 bits per heavy atom. The smallest absolute Gasteiger partial charge is 0.159 e. The monoisotopic (exact) mass is 134 g/mol. The fraction of sp³-hybridized carbons (Fsp3) is 0.444. The third-order valence-electron chi connectivity index (χ3n) is 2.43. The van der Waals surface area contributed by atoms with Gasteiger partial charge in [0.1, 0.15) is 0 Å². The van der Waals surface area contributed by atoms with Gasteiger partial charge in [-0.15, -0.1) is 0 Å². The zero-order valence-electron chi connectivity index (χ0n) is 5.95. The predicted octanol–water partition coefficient (Wildman–Crippen LogP) is 1.56. The molecule has 0 amide bonds. The van der Waals surface area contributed by atoms with E-state index in [-0.39, 0.29) is 5.92 Å². The number of fused-ring (bicyclic) bond motifs is 1. The van der Waals surface area contributed by atoms with Crippen LogP contribution >= 0.6 is 0 Å². The third kappa shape index (κ3) is 0.605. The fourth-order valence-electron chi connectivity index (χ4n) is 1.84. The zero-order chi connectivity index (χ0) is 7.14. The van der Waals surface area contributed by atoms with Crippen molar-refractivity contribution in [2.24, 2.45) is 17.8 Å². The van der Waals surface area contributed by atoms with Crippen molar-refractivity contribution in [1.29, 1.82) is 0 Å². The summed E-state index contributed by atoms with van der Waals surface area (Å²) < 4.78 is 0. The van der Waals surface area contributed by atoms with E-state index < -0.39 is 0 Å². The molecule has 1 nitrogen and oxygen atoms in total. The predicted molar refractivity (Wildman–Crippen MR) is 39.4 cm³/mol. The molecule has 0 aromatic heterocycles. The average Bonchev–Trinajstić information content (AvgIpc) is 2.40. The highest BCUT2D eigenvalue weighted by Gasteiger charge is 2.35. The van der Waals surface area contributed by atoms with Gasteiger partial charge in [-0.25, -0.2) is 0 Å². The lowest BCUT2D eigenvalue weighted by Crippen LogP contribution is -2.16. The number of hydrogen-bond donors (Lipinski definition) is 0. The van der Waals surface area contributed by atoms with Gasteiger partial charge >= 0.3 is 0 Å². The molecular formula is C9H10O. The van der Waals surface area contributed by atoms with Crippen LogP contribution in [0, 0.1) is 17.8 Å². The molecule has 0 N–H and O–H groups in total. The van der Waals surface area contributed by atoms with Crippen molar-refractivity contribution in [1.82, 2.24) is 0 Å². The Balaban J connectivity index is 2.32. The molecule has 2 rings (SSSR count). The van der Waals surface area contributed by atoms with Gasteiger partial charge in [-0.1, -0.05) is 25.2 Å². The van der Waals surface area contributed by atoms with Gasteiger partial charge in [0.2, 0.25) is 0 Å². The second kappa shape index (κ2) is 1.82. The van der Waals surface area contributed by atoms with E-state index in [1.807, 2.05) is 6.08 Å². The van der Waals surface area contributed by atoms with Gasteiger partial charge in [0.05, 0.1) is 0 Å². The molecule has 52 valence electrons. The van der Waals surface area contributed by atoms with Gasteiger partial charge in [0.25, 0.3) is 0 Å². The third-order valence-corrected chi connectivity index (χ3v) is 2.43. The van der Waals surface area contributed by atoms with Crippen molar-refractivity contribution < 1.29 is 4.79 Å². The molecule has 0 aliphatic heterocycles. The van der Waals surface area contributed by atoms with Crippen LogP contribution in [0.4, 0.5) is 0 Å². The summed E-state index contributed by atoms with van der Waals surface area (Å²) in [4.78, 5) is 11.1. The highest BCUT2D eigenvalue weighted by atomic mass is 16.1. The first-order chi connectivity index (χ1) is 4.79. The van der Waals surface area contributed by atoms with E-state index in [9.17, 15) is 4.79 Å². The minimum absolute atomic E-state index is 0.250. The number of carbonyl (C=O) groups is 1. The highest BCUT2D eigenvalue weighted by Crippen LogP contribution is 2.36. The van der Waals surface area contributed by atoms with Crippen LogP contribution in [0.25, 0.3) is 0 Å². The van der Waals surface area contributed by atoms with Crippen molar-refractivity contribution in [3.05, 3.63) is 24.3 Å². The van der Waals surface area contributed by atoms with Gasteiger partial charge in [-0.3, -0.25) is 4.79 Å². The summed E-state index contributed by atoms with van der Waals surface area (Å²) in [5, 5.41) is 0. The van der Waals surface area contributed by atoms with E-state index in [0.717, 1.165) is 0 Å². The van der Waals surface area contributed by atoms with Crippen LogP contribution in [0.2, 0.25) is 0 Å². The molecule has 0 spiro atoms. The van der Waals surface area contributed by atoms with Crippen molar-refractivity contribution >= 4 is 5.78 Å². The van der Waals surface area contributed by atoms with Crippen LogP contribution in [-0.4, -0.2) is 5.78 Å². The number of rotatable bonds is 0. The lowest BCUT2D eigenvalue weighted by Gasteiger charge is -2.11. The zero-order valence-corrected chi connectivity index (χ0v) is 5.95. The maximum absolute atomic E-state index is 11.1. The second-order valence-corrected chi connectivity index (χ2v) is 3.11. The molecule has 2 aliphatic rings. The molecule has 0 aromatic carbocycles. The molecule has 0 unspecified atom stereocenters. The van der Waals surface area contributed by atoms with Crippen LogP contribution in [0.1, 0.15) is 6.92 Å². The van der Waals surface area contributed by atoms with E-state index in [1.54, 1.807) is 6.08 Å². The van der Waals surface area contributed by atoms with Gasteiger partial charge < -0.3 is 0 Å². The van der Waals surface area contributed by atoms with Gasteiger partial charge in [0, 0.05) is 11.8 Å². The summed E-state index contributed by atoms with van der Waals surface area (Å²) in [5.74, 6) is 1.43. The van der Waals surface area contributed by atoms with E-state index in [4.69, 9.17) is 0 Å². The molecule has 0 fully saturated rings. The quantitative estimate of drug-likeness (QED) is 0.459. The topological polar surface area (TPSA) is 17.1 Å². The summed E-state index contributed by atoms with van der Waals surface area (Å²) in [6, 6.07) is 0. The molecule has 0 saturated heterocycles. The van der Waals surface area contributed by atoms with Crippen LogP contribution in [0.3, 0.4) is 0 Å². The number of hydrogen-bond acceptors (Lipinski definition) is 1. The summed E-state index contributed by atoms with van der Waals surface area (Å²) in [6.07, 6.45) is 8.00. The molecule has 0 bridgehead atoms. The summed E-state index contributed by atoms with van der Waals surface area (Å²) in [6.45, 7) is 2.10. The molecule has 0 radical (unpaired) electrons. The van der Waals surface area contributed by atoms with Crippen LogP contribution in [0.5, 0.6) is 0 Å². The Bertz CT molecular complexity index is 225. The van der Waals surface area contributed by atoms with Gasteiger partial charge in [-0.05, 0) is 12.0 Å². The SMILES string of the molecule is C[C@H]1C=C[C@@H]2C=CC(=O)[C@@H]21. The van der Waals surface area contributed by atoms with E-state index in [2.05, 4.69) is 19.1 Å². The fourth-order valence-corrected chi connectivity index (χ4v) is 1.84. The maximum atomic E-state index is 11.1. The molecule has 10 heavy (non-hydrogen) atoms. The largest absolute Gasteiger partial charge is 0.294 e. The molecule has 0 saturated carbocycles. The maximum Gasteiger partial charge on any atom is 0.159 e. The normalized spacial score (nSPS) is 42.9. The van der Waals surface area contributed by atoms with Gasteiger partial charge in [-0.2, -0.15) is 0 Å². The molecule has 1 heteroatoms. The minimum Gasteiger partial charge on any atom is -0.294 e. The standard InChI is InChI=1S/C9H10O/c1-6-2-3-7-4-5-8(10)9(6)7/h2-7,9H,1H3/t6-,7+,9+/m0/s1. The number of carbonyl (C=O) groups excluding carboxylic acids is 1. The van der Waals surface area contributed by atoms with Crippen molar-refractivity contribution in [3.8, 4) is 0 Å². The molecule has 2 aliphatic carbocycles.